The van der Waals surface area contributed by atoms with Crippen molar-refractivity contribution in [1.82, 2.24) is 10.2 Å². The number of carbonyl (C=O) groups is 2. The molecule has 33 heavy (non-hydrogen) atoms. The van der Waals surface area contributed by atoms with Crippen LogP contribution in [-0.4, -0.2) is 35.2 Å². The zero-order chi connectivity index (χ0) is 23.5. The van der Waals surface area contributed by atoms with Crippen LogP contribution in [-0.2, 0) is 16.1 Å². The standard InChI is InChI=1S/C27H35ClN2O3/c1-2-3-18-33-24-16-14-22(15-17-24)26(27(32)29-23-12-8-5-9-13-23)30(25(31)19-28)20-21-10-6-4-7-11-21/h4,6-7,10-11,14-17,23,26H,2-3,5,8-9,12-13,18-20H2,1H3,(H,29,32)/t26-/m1/s1. The normalized spacial score (nSPS) is 15.0. The number of nitrogens with one attached hydrogen (secondary N) is 1. The van der Waals surface area contributed by atoms with Crippen LogP contribution in [0.1, 0.15) is 69.0 Å². The minimum atomic E-state index is -0.761. The van der Waals surface area contributed by atoms with Crippen LogP contribution < -0.4 is 10.1 Å². The number of hydrogen-bond acceptors (Lipinski definition) is 3. The summed E-state index contributed by atoms with van der Waals surface area (Å²) in [5.41, 5.74) is 1.70. The molecule has 1 N–H and O–H groups in total. The lowest BCUT2D eigenvalue weighted by molar-refractivity contribution is -0.140. The van der Waals surface area contributed by atoms with Gasteiger partial charge in [0.05, 0.1) is 6.61 Å². The van der Waals surface area contributed by atoms with Gasteiger partial charge in [-0.25, -0.2) is 0 Å². The van der Waals surface area contributed by atoms with Crippen molar-refractivity contribution in [2.45, 2.75) is 70.5 Å². The van der Waals surface area contributed by atoms with E-state index in [2.05, 4.69) is 12.2 Å². The Morgan fingerprint density at radius 2 is 1.76 bits per heavy atom. The third kappa shape index (κ3) is 7.50. The van der Waals surface area contributed by atoms with Gasteiger partial charge in [-0.15, -0.1) is 11.6 Å². The Morgan fingerprint density at radius 3 is 2.39 bits per heavy atom. The molecule has 2 aromatic carbocycles. The van der Waals surface area contributed by atoms with Crippen molar-refractivity contribution < 1.29 is 14.3 Å². The maximum Gasteiger partial charge on any atom is 0.247 e. The van der Waals surface area contributed by atoms with Crippen LogP contribution in [0, 0.1) is 0 Å². The highest BCUT2D eigenvalue weighted by atomic mass is 35.5. The van der Waals surface area contributed by atoms with Gasteiger partial charge >= 0.3 is 0 Å². The van der Waals surface area contributed by atoms with Gasteiger partial charge < -0.3 is 15.0 Å². The number of carbonyl (C=O) groups excluding carboxylic acids is 2. The molecule has 0 bridgehead atoms. The smallest absolute Gasteiger partial charge is 0.247 e. The fraction of sp³-hybridized carbons (Fsp3) is 0.481. The number of unbranched alkanes of at least 4 members (excludes halogenated alkanes) is 1. The number of benzene rings is 2. The Bertz CT molecular complexity index is 867. The molecule has 1 aliphatic rings. The van der Waals surface area contributed by atoms with Crippen LogP contribution in [0.3, 0.4) is 0 Å². The fourth-order valence-corrected chi connectivity index (χ4v) is 4.41. The lowest BCUT2D eigenvalue weighted by atomic mass is 9.94. The molecule has 0 saturated heterocycles. The fourth-order valence-electron chi connectivity index (χ4n) is 4.26. The van der Waals surface area contributed by atoms with Crippen molar-refractivity contribution >= 4 is 23.4 Å². The third-order valence-electron chi connectivity index (χ3n) is 6.10. The van der Waals surface area contributed by atoms with Gasteiger partial charge in [-0.05, 0) is 42.5 Å². The molecule has 1 saturated carbocycles. The number of nitrogens with zero attached hydrogens (tertiary/aromatic N) is 1. The van der Waals surface area contributed by atoms with Crippen molar-refractivity contribution in [3.8, 4) is 5.75 Å². The van der Waals surface area contributed by atoms with E-state index in [1.807, 2.05) is 54.6 Å². The van der Waals surface area contributed by atoms with Crippen molar-refractivity contribution in [2.75, 3.05) is 12.5 Å². The highest BCUT2D eigenvalue weighted by Crippen LogP contribution is 2.27. The average molecular weight is 471 g/mol. The molecule has 3 rings (SSSR count). The highest BCUT2D eigenvalue weighted by Gasteiger charge is 2.32. The van der Waals surface area contributed by atoms with Gasteiger partial charge in [-0.1, -0.05) is 75.1 Å². The Kier molecular flexibility index (Phi) is 10.1. The molecule has 2 aromatic rings. The van der Waals surface area contributed by atoms with E-state index in [4.69, 9.17) is 16.3 Å². The first-order chi connectivity index (χ1) is 16.1. The van der Waals surface area contributed by atoms with E-state index < -0.39 is 6.04 Å². The van der Waals surface area contributed by atoms with Crippen LogP contribution in [0.15, 0.2) is 54.6 Å². The van der Waals surface area contributed by atoms with Crippen molar-refractivity contribution in [3.05, 3.63) is 65.7 Å². The Balaban J connectivity index is 1.88. The van der Waals surface area contributed by atoms with Gasteiger partial charge in [-0.2, -0.15) is 0 Å². The number of ether oxygens (including phenoxy) is 1. The van der Waals surface area contributed by atoms with E-state index in [0.29, 0.717) is 13.2 Å². The molecule has 6 heteroatoms. The van der Waals surface area contributed by atoms with Gasteiger partial charge in [0.2, 0.25) is 11.8 Å². The number of alkyl halides is 1. The predicted octanol–water partition coefficient (Wildman–Crippen LogP) is 5.62. The SMILES string of the molecule is CCCCOc1ccc([C@H](C(=O)NC2CCCCC2)N(Cc2ccccc2)C(=O)CCl)cc1. The molecule has 5 nitrogen and oxygen atoms in total. The zero-order valence-corrected chi connectivity index (χ0v) is 20.2. The second-order valence-corrected chi connectivity index (χ2v) is 8.93. The Labute approximate surface area is 202 Å². The van der Waals surface area contributed by atoms with Crippen LogP contribution in [0.5, 0.6) is 5.75 Å². The average Bonchev–Trinajstić information content (AvgIpc) is 2.85. The number of rotatable bonds is 11. The molecular formula is C27H35ClN2O3. The van der Waals surface area contributed by atoms with Gasteiger partial charge in [-0.3, -0.25) is 9.59 Å². The number of halogens is 1. The van der Waals surface area contributed by atoms with E-state index >= 15 is 0 Å². The van der Waals surface area contributed by atoms with E-state index in [-0.39, 0.29) is 23.7 Å². The lowest BCUT2D eigenvalue weighted by Gasteiger charge is -2.33. The molecule has 0 unspecified atom stereocenters. The topological polar surface area (TPSA) is 58.6 Å². The van der Waals surface area contributed by atoms with E-state index in [1.54, 1.807) is 4.90 Å². The second-order valence-electron chi connectivity index (χ2n) is 8.66. The van der Waals surface area contributed by atoms with Crippen LogP contribution in [0.2, 0.25) is 0 Å². The predicted molar refractivity (Wildman–Crippen MR) is 132 cm³/mol. The lowest BCUT2D eigenvalue weighted by Crippen LogP contribution is -2.47. The number of amides is 2. The molecule has 1 atom stereocenters. The van der Waals surface area contributed by atoms with Gasteiger partial charge in [0.1, 0.15) is 17.7 Å². The highest BCUT2D eigenvalue weighted by molar-refractivity contribution is 6.27. The summed E-state index contributed by atoms with van der Waals surface area (Å²) in [6.45, 7) is 3.09. The summed E-state index contributed by atoms with van der Waals surface area (Å²) in [7, 11) is 0. The minimum Gasteiger partial charge on any atom is -0.494 e. The van der Waals surface area contributed by atoms with Crippen molar-refractivity contribution in [3.63, 3.8) is 0 Å². The quantitative estimate of drug-likeness (QED) is 0.342. The molecule has 1 fully saturated rings. The Morgan fingerprint density at radius 1 is 1.06 bits per heavy atom. The molecule has 0 radical (unpaired) electrons. The zero-order valence-electron chi connectivity index (χ0n) is 19.5. The van der Waals surface area contributed by atoms with Crippen molar-refractivity contribution in [1.29, 1.82) is 0 Å². The molecule has 2 amide bonds. The summed E-state index contributed by atoms with van der Waals surface area (Å²) in [6.07, 6.45) is 7.46. The van der Waals surface area contributed by atoms with E-state index in [0.717, 1.165) is 55.4 Å². The second kappa shape index (κ2) is 13.2. The third-order valence-corrected chi connectivity index (χ3v) is 6.33. The Hall–Kier alpha value is -2.53. The summed E-state index contributed by atoms with van der Waals surface area (Å²) in [5.74, 6) is 0.151. The first-order valence-electron chi connectivity index (χ1n) is 12.0. The van der Waals surface area contributed by atoms with E-state index in [1.165, 1.54) is 6.42 Å². The molecule has 0 aromatic heterocycles. The van der Waals surface area contributed by atoms with Crippen molar-refractivity contribution in [2.24, 2.45) is 0 Å². The molecule has 178 valence electrons. The molecule has 0 heterocycles. The first kappa shape index (κ1) is 25.1. The summed E-state index contributed by atoms with van der Waals surface area (Å²) < 4.78 is 5.79. The first-order valence-corrected chi connectivity index (χ1v) is 12.6. The molecule has 0 spiro atoms. The van der Waals surface area contributed by atoms with E-state index in [9.17, 15) is 9.59 Å². The van der Waals surface area contributed by atoms with Gasteiger partial charge in [0.25, 0.3) is 0 Å². The summed E-state index contributed by atoms with van der Waals surface area (Å²) in [5, 5.41) is 3.21. The maximum atomic E-state index is 13.6. The van der Waals surface area contributed by atoms with Gasteiger partial charge in [0.15, 0.2) is 0 Å². The number of hydrogen-bond donors (Lipinski definition) is 1. The van der Waals surface area contributed by atoms with Crippen LogP contribution in [0.4, 0.5) is 0 Å². The maximum absolute atomic E-state index is 13.6. The monoisotopic (exact) mass is 470 g/mol. The summed E-state index contributed by atoms with van der Waals surface area (Å²) in [4.78, 5) is 28.1. The van der Waals surface area contributed by atoms with Crippen LogP contribution in [0.25, 0.3) is 0 Å². The molecule has 1 aliphatic carbocycles. The summed E-state index contributed by atoms with van der Waals surface area (Å²) in [6, 6.07) is 16.6. The largest absolute Gasteiger partial charge is 0.494 e. The molecule has 0 aliphatic heterocycles. The summed E-state index contributed by atoms with van der Waals surface area (Å²) >= 11 is 5.99. The molecular weight excluding hydrogens is 436 g/mol. The minimum absolute atomic E-state index is 0.148. The van der Waals surface area contributed by atoms with Crippen LogP contribution >= 0.6 is 11.6 Å². The van der Waals surface area contributed by atoms with Gasteiger partial charge in [0, 0.05) is 12.6 Å².